The Morgan fingerprint density at radius 3 is 2.29 bits per heavy atom. The maximum Gasteiger partial charge on any atom is 0.123 e. The molecule has 0 aliphatic heterocycles. The third-order valence-electron chi connectivity index (χ3n) is 2.38. The first-order valence-electron chi connectivity index (χ1n) is 5.34. The lowest BCUT2D eigenvalue weighted by Gasteiger charge is -2.12. The van der Waals surface area contributed by atoms with Gasteiger partial charge >= 0.3 is 0 Å². The average molecular weight is 228 g/mol. The van der Waals surface area contributed by atoms with E-state index in [1.54, 1.807) is 23.4 Å². The Labute approximate surface area is 100 Å². The molecule has 0 fully saturated rings. The van der Waals surface area contributed by atoms with Crippen molar-refractivity contribution in [1.29, 1.82) is 0 Å². The van der Waals surface area contributed by atoms with E-state index < -0.39 is 0 Å². The number of hydrazone groups is 1. The van der Waals surface area contributed by atoms with Crippen molar-refractivity contribution in [2.45, 2.75) is 0 Å². The van der Waals surface area contributed by atoms with E-state index in [-0.39, 0.29) is 5.82 Å². The highest BCUT2D eigenvalue weighted by Crippen LogP contribution is 2.13. The van der Waals surface area contributed by atoms with E-state index in [9.17, 15) is 4.39 Å². The van der Waals surface area contributed by atoms with Gasteiger partial charge in [-0.25, -0.2) is 4.39 Å². The van der Waals surface area contributed by atoms with E-state index in [0.717, 1.165) is 11.3 Å². The van der Waals surface area contributed by atoms with Gasteiger partial charge in [-0.1, -0.05) is 30.3 Å². The standard InChI is InChI=1S/C14H13FN2/c1-17(14-9-7-13(15)8-10-14)16-11-12-5-3-2-4-6-12/h2-11H,1H3/b16-11+. The van der Waals surface area contributed by atoms with Gasteiger partial charge in [0, 0.05) is 7.05 Å². The predicted molar refractivity (Wildman–Crippen MR) is 68.8 cm³/mol. The molecule has 0 spiro atoms. The summed E-state index contributed by atoms with van der Waals surface area (Å²) >= 11 is 0. The minimum Gasteiger partial charge on any atom is -0.269 e. The molecule has 0 atom stereocenters. The summed E-state index contributed by atoms with van der Waals surface area (Å²) in [6.07, 6.45) is 1.77. The highest BCUT2D eigenvalue weighted by atomic mass is 19.1. The van der Waals surface area contributed by atoms with Gasteiger partial charge in [0.2, 0.25) is 0 Å². The molecule has 0 unspecified atom stereocenters. The molecule has 0 aromatic heterocycles. The van der Waals surface area contributed by atoms with E-state index in [1.165, 1.54) is 12.1 Å². The van der Waals surface area contributed by atoms with Crippen molar-refractivity contribution >= 4 is 11.9 Å². The third-order valence-corrected chi connectivity index (χ3v) is 2.38. The predicted octanol–water partition coefficient (Wildman–Crippen LogP) is 3.30. The lowest BCUT2D eigenvalue weighted by Crippen LogP contribution is -2.08. The largest absolute Gasteiger partial charge is 0.269 e. The maximum atomic E-state index is 12.7. The SMILES string of the molecule is CN(/N=C/c1ccccc1)c1ccc(F)cc1. The maximum absolute atomic E-state index is 12.7. The molecule has 0 heterocycles. The van der Waals surface area contributed by atoms with E-state index in [2.05, 4.69) is 5.10 Å². The molecule has 2 rings (SSSR count). The van der Waals surface area contributed by atoms with Gasteiger partial charge in [0.25, 0.3) is 0 Å². The second kappa shape index (κ2) is 5.25. The van der Waals surface area contributed by atoms with Crippen LogP contribution in [-0.2, 0) is 0 Å². The zero-order valence-electron chi connectivity index (χ0n) is 9.55. The number of halogens is 1. The van der Waals surface area contributed by atoms with Gasteiger partial charge in [0.05, 0.1) is 11.9 Å². The molecule has 86 valence electrons. The molecule has 0 aliphatic carbocycles. The third kappa shape index (κ3) is 3.14. The van der Waals surface area contributed by atoms with Crippen LogP contribution in [-0.4, -0.2) is 13.3 Å². The molecule has 0 saturated carbocycles. The van der Waals surface area contributed by atoms with Crippen LogP contribution in [0, 0.1) is 5.82 Å². The molecule has 0 bridgehead atoms. The molecule has 0 N–H and O–H groups in total. The Kier molecular flexibility index (Phi) is 3.50. The Bertz CT molecular complexity index is 491. The summed E-state index contributed by atoms with van der Waals surface area (Å²) in [6, 6.07) is 16.0. The normalized spacial score (nSPS) is 10.7. The van der Waals surface area contributed by atoms with Gasteiger partial charge in [-0.2, -0.15) is 5.10 Å². The van der Waals surface area contributed by atoms with E-state index >= 15 is 0 Å². The van der Waals surface area contributed by atoms with Crippen LogP contribution in [0.4, 0.5) is 10.1 Å². The molecule has 2 aromatic carbocycles. The van der Waals surface area contributed by atoms with Crippen molar-refractivity contribution in [1.82, 2.24) is 0 Å². The zero-order chi connectivity index (χ0) is 12.1. The number of nitrogens with zero attached hydrogens (tertiary/aromatic N) is 2. The summed E-state index contributed by atoms with van der Waals surface area (Å²) in [6.45, 7) is 0. The van der Waals surface area contributed by atoms with Gasteiger partial charge in [0.15, 0.2) is 0 Å². The van der Waals surface area contributed by atoms with Crippen molar-refractivity contribution < 1.29 is 4.39 Å². The van der Waals surface area contributed by atoms with Crippen LogP contribution < -0.4 is 5.01 Å². The molecule has 0 saturated heterocycles. The van der Waals surface area contributed by atoms with Crippen LogP contribution in [0.5, 0.6) is 0 Å². The van der Waals surface area contributed by atoms with E-state index in [0.29, 0.717) is 0 Å². The van der Waals surface area contributed by atoms with Crippen molar-refractivity contribution in [3.63, 3.8) is 0 Å². The van der Waals surface area contributed by atoms with Crippen LogP contribution in [0.1, 0.15) is 5.56 Å². The van der Waals surface area contributed by atoms with Gasteiger partial charge in [-0.3, -0.25) is 5.01 Å². The van der Waals surface area contributed by atoms with Crippen LogP contribution in [0.15, 0.2) is 59.7 Å². The minimum absolute atomic E-state index is 0.241. The monoisotopic (exact) mass is 228 g/mol. The summed E-state index contributed by atoms with van der Waals surface area (Å²) in [5, 5.41) is 5.98. The van der Waals surface area contributed by atoms with E-state index in [4.69, 9.17) is 0 Å². The first-order chi connectivity index (χ1) is 8.25. The molecular formula is C14H13FN2. The summed E-state index contributed by atoms with van der Waals surface area (Å²) in [5.41, 5.74) is 1.88. The number of benzene rings is 2. The fraction of sp³-hybridized carbons (Fsp3) is 0.0714. The lowest BCUT2D eigenvalue weighted by molar-refractivity contribution is 0.627. The first-order valence-corrected chi connectivity index (χ1v) is 5.34. The summed E-state index contributed by atoms with van der Waals surface area (Å²) in [4.78, 5) is 0. The zero-order valence-corrected chi connectivity index (χ0v) is 9.55. The fourth-order valence-corrected chi connectivity index (χ4v) is 1.42. The molecule has 0 amide bonds. The molecular weight excluding hydrogens is 215 g/mol. The molecule has 0 aliphatic rings. The highest BCUT2D eigenvalue weighted by molar-refractivity contribution is 5.80. The van der Waals surface area contributed by atoms with Crippen molar-refractivity contribution in [3.8, 4) is 0 Å². The van der Waals surface area contributed by atoms with Gasteiger partial charge in [-0.15, -0.1) is 0 Å². The van der Waals surface area contributed by atoms with Gasteiger partial charge < -0.3 is 0 Å². The van der Waals surface area contributed by atoms with Crippen molar-refractivity contribution in [2.24, 2.45) is 5.10 Å². The van der Waals surface area contributed by atoms with Crippen LogP contribution >= 0.6 is 0 Å². The smallest absolute Gasteiger partial charge is 0.123 e. The highest BCUT2D eigenvalue weighted by Gasteiger charge is 1.97. The molecule has 17 heavy (non-hydrogen) atoms. The second-order valence-corrected chi connectivity index (χ2v) is 3.66. The van der Waals surface area contributed by atoms with Crippen molar-refractivity contribution in [2.75, 3.05) is 12.1 Å². The topological polar surface area (TPSA) is 15.6 Å². The van der Waals surface area contributed by atoms with E-state index in [1.807, 2.05) is 37.4 Å². The Morgan fingerprint density at radius 1 is 1.00 bits per heavy atom. The fourth-order valence-electron chi connectivity index (χ4n) is 1.42. The number of hydrogen-bond acceptors (Lipinski definition) is 2. The summed E-state index contributed by atoms with van der Waals surface area (Å²) in [5.74, 6) is -0.241. The van der Waals surface area contributed by atoms with Crippen LogP contribution in [0.2, 0.25) is 0 Å². The lowest BCUT2D eigenvalue weighted by atomic mass is 10.2. The summed E-state index contributed by atoms with van der Waals surface area (Å²) in [7, 11) is 1.83. The quantitative estimate of drug-likeness (QED) is 0.581. The van der Waals surface area contributed by atoms with Crippen LogP contribution in [0.25, 0.3) is 0 Å². The summed E-state index contributed by atoms with van der Waals surface area (Å²) < 4.78 is 12.7. The number of rotatable bonds is 3. The molecule has 2 aromatic rings. The van der Waals surface area contributed by atoms with Crippen LogP contribution in [0.3, 0.4) is 0 Å². The Balaban J connectivity index is 2.09. The molecule has 2 nitrogen and oxygen atoms in total. The second-order valence-electron chi connectivity index (χ2n) is 3.66. The molecule has 0 radical (unpaired) electrons. The number of hydrogen-bond donors (Lipinski definition) is 0. The minimum atomic E-state index is -0.241. The first kappa shape index (κ1) is 11.3. The number of anilines is 1. The Hall–Kier alpha value is -2.16. The van der Waals surface area contributed by atoms with Gasteiger partial charge in [-0.05, 0) is 29.8 Å². The van der Waals surface area contributed by atoms with Crippen molar-refractivity contribution in [3.05, 3.63) is 66.0 Å². The molecule has 3 heteroatoms. The average Bonchev–Trinajstić information content (AvgIpc) is 2.38. The van der Waals surface area contributed by atoms with Gasteiger partial charge in [0.1, 0.15) is 5.82 Å². The Morgan fingerprint density at radius 2 is 1.65 bits per heavy atom.